The summed E-state index contributed by atoms with van der Waals surface area (Å²) in [5, 5.41) is 9.40. The molecule has 0 saturated heterocycles. The van der Waals surface area contributed by atoms with Crippen molar-refractivity contribution in [2.24, 2.45) is 0 Å². The fourth-order valence-corrected chi connectivity index (χ4v) is 3.63. The molecule has 0 bridgehead atoms. The Morgan fingerprint density at radius 1 is 0.969 bits per heavy atom. The van der Waals surface area contributed by atoms with E-state index in [2.05, 4.69) is 4.98 Å². The van der Waals surface area contributed by atoms with Crippen LogP contribution in [0.15, 0.2) is 53.3 Å². The molecule has 2 aromatic carbocycles. The highest BCUT2D eigenvalue weighted by Gasteiger charge is 2.37. The second-order valence-corrected chi connectivity index (χ2v) is 7.16. The number of aromatic amines is 1. The zero-order valence-electron chi connectivity index (χ0n) is 16.5. The summed E-state index contributed by atoms with van der Waals surface area (Å²) in [6.07, 6.45) is -4.63. The standard InChI is InChI=1S/C22H14F4N4O2/c1-12-8-14(23)3-5-17(12)29-11-30(18-6-7-20(31)28-16(18)10-27)21(32)15-4-2-13(9-19(15)29)22(24,25)26/h2-9H,11H2,1H3,(H,28,31). The van der Waals surface area contributed by atoms with Gasteiger partial charge >= 0.3 is 6.18 Å². The van der Waals surface area contributed by atoms with Crippen molar-refractivity contribution >= 4 is 23.0 Å². The van der Waals surface area contributed by atoms with Gasteiger partial charge in [-0.25, -0.2) is 4.39 Å². The molecule has 1 N–H and O–H groups in total. The van der Waals surface area contributed by atoms with E-state index in [1.165, 1.54) is 28.0 Å². The van der Waals surface area contributed by atoms with Gasteiger partial charge < -0.3 is 9.88 Å². The number of hydrogen-bond acceptors (Lipinski definition) is 4. The number of amides is 1. The lowest BCUT2D eigenvalue weighted by molar-refractivity contribution is -0.137. The van der Waals surface area contributed by atoms with Crippen molar-refractivity contribution < 1.29 is 22.4 Å². The number of fused-ring (bicyclic) bond motifs is 1. The maximum absolute atomic E-state index is 13.7. The van der Waals surface area contributed by atoms with Gasteiger partial charge in [0, 0.05) is 11.8 Å². The number of H-pyrrole nitrogens is 1. The number of carbonyl (C=O) groups is 1. The molecule has 0 saturated carbocycles. The van der Waals surface area contributed by atoms with Gasteiger partial charge in [0.2, 0.25) is 5.56 Å². The lowest BCUT2D eigenvalue weighted by atomic mass is 10.0. The molecule has 0 unspecified atom stereocenters. The van der Waals surface area contributed by atoms with Gasteiger partial charge in [-0.1, -0.05) is 0 Å². The van der Waals surface area contributed by atoms with Crippen molar-refractivity contribution in [1.82, 2.24) is 4.98 Å². The van der Waals surface area contributed by atoms with Gasteiger partial charge in [-0.2, -0.15) is 18.4 Å². The molecular formula is C22H14F4N4O2. The quantitative estimate of drug-likeness (QED) is 0.594. The number of halogens is 4. The van der Waals surface area contributed by atoms with Crippen LogP contribution >= 0.6 is 0 Å². The van der Waals surface area contributed by atoms with Crippen molar-refractivity contribution in [3.63, 3.8) is 0 Å². The number of aryl methyl sites for hydroxylation is 1. The van der Waals surface area contributed by atoms with Gasteiger partial charge in [0.25, 0.3) is 5.91 Å². The lowest BCUT2D eigenvalue weighted by Crippen LogP contribution is -2.46. The fraction of sp³-hybridized carbons (Fsp3) is 0.136. The minimum Gasteiger partial charge on any atom is -0.322 e. The number of aromatic nitrogens is 1. The van der Waals surface area contributed by atoms with Crippen molar-refractivity contribution in [3.8, 4) is 6.07 Å². The van der Waals surface area contributed by atoms with E-state index in [0.717, 1.165) is 30.3 Å². The van der Waals surface area contributed by atoms with Crippen LogP contribution in [-0.2, 0) is 6.18 Å². The van der Waals surface area contributed by atoms with Crippen LogP contribution in [0.3, 0.4) is 0 Å². The SMILES string of the molecule is Cc1cc(F)ccc1N1CN(c2ccc(=O)[nH]c2C#N)C(=O)c2ccc(C(F)(F)F)cc21. The molecule has 0 atom stereocenters. The van der Waals surface area contributed by atoms with Gasteiger partial charge in [0.15, 0.2) is 0 Å². The molecule has 2 heterocycles. The van der Waals surface area contributed by atoms with E-state index < -0.39 is 29.0 Å². The summed E-state index contributed by atoms with van der Waals surface area (Å²) in [7, 11) is 0. The highest BCUT2D eigenvalue weighted by Crippen LogP contribution is 2.40. The number of nitrogens with zero attached hydrogens (tertiary/aromatic N) is 3. The fourth-order valence-electron chi connectivity index (χ4n) is 3.63. The first-order valence-corrected chi connectivity index (χ1v) is 9.30. The first-order valence-electron chi connectivity index (χ1n) is 9.30. The monoisotopic (exact) mass is 442 g/mol. The third-order valence-electron chi connectivity index (χ3n) is 5.12. The maximum Gasteiger partial charge on any atom is 0.416 e. The summed E-state index contributed by atoms with van der Waals surface area (Å²) < 4.78 is 53.8. The second kappa shape index (κ2) is 7.53. The predicted octanol–water partition coefficient (Wildman–Crippen LogP) is 4.47. The molecule has 1 amide bonds. The number of nitrogens with one attached hydrogen (secondary N) is 1. The van der Waals surface area contributed by atoms with Crippen LogP contribution in [0, 0.1) is 24.1 Å². The van der Waals surface area contributed by atoms with Crippen LogP contribution in [0.4, 0.5) is 34.6 Å². The molecule has 1 aliphatic rings. The molecule has 6 nitrogen and oxygen atoms in total. The van der Waals surface area contributed by atoms with E-state index in [0.29, 0.717) is 11.3 Å². The average molecular weight is 442 g/mol. The Kier molecular flexibility index (Phi) is 4.97. The van der Waals surface area contributed by atoms with Crippen LogP contribution in [0.5, 0.6) is 0 Å². The Hall–Kier alpha value is -4.13. The van der Waals surface area contributed by atoms with Crippen LogP contribution in [0.1, 0.15) is 27.2 Å². The third-order valence-corrected chi connectivity index (χ3v) is 5.12. The van der Waals surface area contributed by atoms with E-state index in [4.69, 9.17) is 0 Å². The molecule has 1 aliphatic heterocycles. The first-order chi connectivity index (χ1) is 15.1. The van der Waals surface area contributed by atoms with Gasteiger partial charge in [0.1, 0.15) is 24.2 Å². The number of hydrogen-bond donors (Lipinski definition) is 1. The highest BCUT2D eigenvalue weighted by molar-refractivity contribution is 6.13. The van der Waals surface area contributed by atoms with Crippen molar-refractivity contribution in [1.29, 1.82) is 5.26 Å². The summed E-state index contributed by atoms with van der Waals surface area (Å²) in [5.74, 6) is -1.17. The minimum atomic E-state index is -4.63. The van der Waals surface area contributed by atoms with Crippen molar-refractivity contribution in [2.75, 3.05) is 16.5 Å². The summed E-state index contributed by atoms with van der Waals surface area (Å²) in [6, 6.07) is 10.8. The van der Waals surface area contributed by atoms with Gasteiger partial charge in [0.05, 0.1) is 22.5 Å². The van der Waals surface area contributed by atoms with E-state index >= 15 is 0 Å². The number of carbonyl (C=O) groups excluding carboxylic acids is 1. The Morgan fingerprint density at radius 3 is 2.34 bits per heavy atom. The van der Waals surface area contributed by atoms with E-state index in [1.54, 1.807) is 6.92 Å². The number of rotatable bonds is 2. The first kappa shape index (κ1) is 21.1. The summed E-state index contributed by atoms with van der Waals surface area (Å²) in [5.41, 5.74) is -0.788. The number of benzene rings is 2. The molecule has 10 heteroatoms. The largest absolute Gasteiger partial charge is 0.416 e. The Morgan fingerprint density at radius 2 is 1.69 bits per heavy atom. The molecule has 4 rings (SSSR count). The zero-order valence-corrected chi connectivity index (χ0v) is 16.5. The Balaban J connectivity index is 1.94. The normalized spacial score (nSPS) is 13.7. The van der Waals surface area contributed by atoms with Gasteiger partial charge in [-0.3, -0.25) is 14.5 Å². The number of nitriles is 1. The number of pyridine rings is 1. The van der Waals surface area contributed by atoms with Crippen LogP contribution < -0.4 is 15.4 Å². The molecule has 0 aliphatic carbocycles. The van der Waals surface area contributed by atoms with E-state index in [1.807, 2.05) is 6.07 Å². The molecule has 3 aromatic rings. The van der Waals surface area contributed by atoms with E-state index in [-0.39, 0.29) is 29.3 Å². The maximum atomic E-state index is 13.7. The topological polar surface area (TPSA) is 80.2 Å². The summed E-state index contributed by atoms with van der Waals surface area (Å²) in [4.78, 5) is 29.8. The van der Waals surface area contributed by atoms with Gasteiger partial charge in [-0.15, -0.1) is 0 Å². The molecule has 0 spiro atoms. The second-order valence-electron chi connectivity index (χ2n) is 7.16. The Labute approximate surface area is 178 Å². The molecular weight excluding hydrogens is 428 g/mol. The molecule has 162 valence electrons. The molecule has 0 fully saturated rings. The summed E-state index contributed by atoms with van der Waals surface area (Å²) >= 11 is 0. The van der Waals surface area contributed by atoms with Gasteiger partial charge in [-0.05, 0) is 55.0 Å². The lowest BCUT2D eigenvalue weighted by Gasteiger charge is -2.39. The third kappa shape index (κ3) is 3.58. The van der Waals surface area contributed by atoms with Crippen LogP contribution in [-0.4, -0.2) is 17.6 Å². The Bertz CT molecular complexity index is 1340. The smallest absolute Gasteiger partial charge is 0.322 e. The number of alkyl halides is 3. The molecule has 32 heavy (non-hydrogen) atoms. The van der Waals surface area contributed by atoms with Crippen LogP contribution in [0.25, 0.3) is 0 Å². The highest BCUT2D eigenvalue weighted by atomic mass is 19.4. The van der Waals surface area contributed by atoms with Crippen molar-refractivity contribution in [2.45, 2.75) is 13.1 Å². The number of anilines is 3. The minimum absolute atomic E-state index is 0.00119. The molecule has 1 aromatic heterocycles. The molecule has 0 radical (unpaired) electrons. The van der Waals surface area contributed by atoms with E-state index in [9.17, 15) is 32.4 Å². The zero-order chi connectivity index (χ0) is 23.2. The average Bonchev–Trinajstić information content (AvgIpc) is 2.74. The van der Waals surface area contributed by atoms with Crippen LogP contribution in [0.2, 0.25) is 0 Å². The van der Waals surface area contributed by atoms with Crippen molar-refractivity contribution in [3.05, 3.63) is 87.1 Å². The summed E-state index contributed by atoms with van der Waals surface area (Å²) in [6.45, 7) is 1.33. The predicted molar refractivity (Wildman–Crippen MR) is 108 cm³/mol.